The van der Waals surface area contributed by atoms with E-state index < -0.39 is 5.82 Å². The van der Waals surface area contributed by atoms with Gasteiger partial charge < -0.3 is 14.2 Å². The standard InChI is InChI=1S/C18H14FN5O3/c1-10-8-21-18(25)24(10)12-5-3-4-11(6-12)16-22-17(27-23-16)15-14(19)7-13(26-2)9-20-15/h3-9H,1-2H3,(H,21,25). The topological polar surface area (TPSA) is 98.8 Å². The van der Waals surface area contributed by atoms with Gasteiger partial charge in [-0.3, -0.25) is 4.57 Å². The van der Waals surface area contributed by atoms with Gasteiger partial charge in [-0.1, -0.05) is 17.3 Å². The van der Waals surface area contributed by atoms with Gasteiger partial charge in [0.25, 0.3) is 5.89 Å². The molecule has 0 unspecified atom stereocenters. The summed E-state index contributed by atoms with van der Waals surface area (Å²) in [5.74, 6) is -0.139. The number of pyridine rings is 1. The predicted molar refractivity (Wildman–Crippen MR) is 94.2 cm³/mol. The third-order valence-electron chi connectivity index (χ3n) is 4.00. The molecule has 27 heavy (non-hydrogen) atoms. The Labute approximate surface area is 152 Å². The van der Waals surface area contributed by atoms with Gasteiger partial charge in [-0.05, 0) is 19.1 Å². The van der Waals surface area contributed by atoms with Gasteiger partial charge in [-0.2, -0.15) is 4.98 Å². The number of aryl methyl sites for hydroxylation is 1. The molecule has 3 heterocycles. The van der Waals surface area contributed by atoms with E-state index >= 15 is 0 Å². The third kappa shape index (κ3) is 2.99. The van der Waals surface area contributed by atoms with E-state index in [0.717, 1.165) is 5.69 Å². The zero-order chi connectivity index (χ0) is 19.0. The van der Waals surface area contributed by atoms with Crippen LogP contribution in [0.5, 0.6) is 5.75 Å². The van der Waals surface area contributed by atoms with E-state index in [1.807, 2.05) is 6.92 Å². The van der Waals surface area contributed by atoms with E-state index in [4.69, 9.17) is 9.26 Å². The maximum Gasteiger partial charge on any atom is 0.330 e. The highest BCUT2D eigenvalue weighted by Gasteiger charge is 2.17. The van der Waals surface area contributed by atoms with Crippen molar-refractivity contribution in [2.75, 3.05) is 7.11 Å². The second-order valence-electron chi connectivity index (χ2n) is 5.75. The summed E-state index contributed by atoms with van der Waals surface area (Å²) in [6.45, 7) is 1.81. The van der Waals surface area contributed by atoms with Gasteiger partial charge in [-0.15, -0.1) is 0 Å². The number of hydrogen-bond acceptors (Lipinski definition) is 6. The number of methoxy groups -OCH3 is 1. The molecule has 4 rings (SSSR count). The smallest absolute Gasteiger partial charge is 0.330 e. The number of halogens is 1. The highest BCUT2D eigenvalue weighted by Crippen LogP contribution is 2.25. The van der Waals surface area contributed by atoms with E-state index in [1.54, 1.807) is 30.5 Å². The lowest BCUT2D eigenvalue weighted by atomic mass is 10.2. The number of ether oxygens (including phenoxy) is 1. The maximum atomic E-state index is 14.2. The largest absolute Gasteiger partial charge is 0.495 e. The number of hydrogen-bond donors (Lipinski definition) is 1. The van der Waals surface area contributed by atoms with Crippen LogP contribution in [0.3, 0.4) is 0 Å². The van der Waals surface area contributed by atoms with Crippen molar-refractivity contribution in [3.05, 3.63) is 64.7 Å². The van der Waals surface area contributed by atoms with Crippen molar-refractivity contribution < 1.29 is 13.7 Å². The number of rotatable bonds is 4. The SMILES string of the molecule is COc1cnc(-c2nc(-c3cccc(-n4c(C)c[nH]c4=O)c3)no2)c(F)c1. The summed E-state index contributed by atoms with van der Waals surface area (Å²) in [7, 11) is 1.42. The Morgan fingerprint density at radius 1 is 1.30 bits per heavy atom. The van der Waals surface area contributed by atoms with Crippen molar-refractivity contribution in [2.24, 2.45) is 0 Å². The lowest BCUT2D eigenvalue weighted by Gasteiger charge is -2.05. The van der Waals surface area contributed by atoms with Crippen molar-refractivity contribution >= 4 is 0 Å². The molecule has 0 spiro atoms. The Bertz CT molecular complexity index is 1180. The number of nitrogens with one attached hydrogen (secondary N) is 1. The van der Waals surface area contributed by atoms with Crippen LogP contribution in [-0.2, 0) is 0 Å². The Morgan fingerprint density at radius 2 is 2.15 bits per heavy atom. The molecule has 0 amide bonds. The fourth-order valence-corrected chi connectivity index (χ4v) is 2.69. The molecule has 8 nitrogen and oxygen atoms in total. The van der Waals surface area contributed by atoms with E-state index in [1.165, 1.54) is 23.9 Å². The number of benzene rings is 1. The normalized spacial score (nSPS) is 10.9. The first-order valence-electron chi connectivity index (χ1n) is 7.98. The predicted octanol–water partition coefficient (Wildman–Crippen LogP) is 2.73. The maximum absolute atomic E-state index is 14.2. The summed E-state index contributed by atoms with van der Waals surface area (Å²) in [5, 5.41) is 3.89. The monoisotopic (exact) mass is 367 g/mol. The van der Waals surface area contributed by atoms with Crippen molar-refractivity contribution in [3.8, 4) is 34.4 Å². The molecule has 136 valence electrons. The molecule has 0 radical (unpaired) electrons. The number of aromatic nitrogens is 5. The molecule has 0 bridgehead atoms. The number of aromatic amines is 1. The van der Waals surface area contributed by atoms with Crippen LogP contribution in [0.25, 0.3) is 28.7 Å². The second-order valence-corrected chi connectivity index (χ2v) is 5.75. The van der Waals surface area contributed by atoms with E-state index in [2.05, 4.69) is 20.1 Å². The van der Waals surface area contributed by atoms with Crippen molar-refractivity contribution in [1.82, 2.24) is 24.7 Å². The van der Waals surface area contributed by atoms with Crippen LogP contribution in [0, 0.1) is 12.7 Å². The third-order valence-corrected chi connectivity index (χ3v) is 4.00. The Hall–Kier alpha value is -3.75. The fourth-order valence-electron chi connectivity index (χ4n) is 2.69. The van der Waals surface area contributed by atoms with Crippen LogP contribution in [0.4, 0.5) is 4.39 Å². The number of nitrogens with zero attached hydrogens (tertiary/aromatic N) is 4. The van der Waals surface area contributed by atoms with Gasteiger partial charge in [0.2, 0.25) is 5.82 Å². The summed E-state index contributed by atoms with van der Waals surface area (Å²) in [6.07, 6.45) is 2.99. The molecule has 9 heteroatoms. The molecule has 0 fully saturated rings. The van der Waals surface area contributed by atoms with Crippen LogP contribution in [0.1, 0.15) is 5.69 Å². The average molecular weight is 367 g/mol. The summed E-state index contributed by atoms with van der Waals surface area (Å²) in [4.78, 5) is 22.8. The van der Waals surface area contributed by atoms with Gasteiger partial charge in [0.05, 0.1) is 19.0 Å². The molecule has 1 N–H and O–H groups in total. The summed E-state index contributed by atoms with van der Waals surface area (Å²) in [5.41, 5.74) is 1.71. The molecule has 0 atom stereocenters. The highest BCUT2D eigenvalue weighted by molar-refractivity contribution is 5.61. The van der Waals surface area contributed by atoms with Gasteiger partial charge >= 0.3 is 5.69 Å². The number of imidazole rings is 1. The van der Waals surface area contributed by atoms with Crippen LogP contribution < -0.4 is 10.4 Å². The van der Waals surface area contributed by atoms with Crippen molar-refractivity contribution in [1.29, 1.82) is 0 Å². The highest BCUT2D eigenvalue weighted by atomic mass is 19.1. The lowest BCUT2D eigenvalue weighted by molar-refractivity contribution is 0.406. The zero-order valence-corrected chi connectivity index (χ0v) is 14.4. The van der Waals surface area contributed by atoms with Crippen molar-refractivity contribution in [3.63, 3.8) is 0 Å². The van der Waals surface area contributed by atoms with Gasteiger partial charge in [-0.25, -0.2) is 14.2 Å². The quantitative estimate of drug-likeness (QED) is 0.595. The molecule has 4 aromatic rings. The zero-order valence-electron chi connectivity index (χ0n) is 14.4. The lowest BCUT2D eigenvalue weighted by Crippen LogP contribution is -2.15. The minimum absolute atomic E-state index is 0.0504. The molecule has 0 saturated heterocycles. The van der Waals surface area contributed by atoms with Gasteiger partial charge in [0.1, 0.15) is 5.75 Å². The van der Waals surface area contributed by atoms with Crippen LogP contribution in [0.2, 0.25) is 0 Å². The molecule has 0 saturated carbocycles. The van der Waals surface area contributed by atoms with Gasteiger partial charge in [0, 0.05) is 23.5 Å². The van der Waals surface area contributed by atoms with E-state index in [0.29, 0.717) is 11.3 Å². The Balaban J connectivity index is 1.72. The van der Waals surface area contributed by atoms with Crippen molar-refractivity contribution in [2.45, 2.75) is 6.92 Å². The molecular formula is C18H14FN5O3. The first-order chi connectivity index (χ1) is 13.1. The molecule has 3 aromatic heterocycles. The van der Waals surface area contributed by atoms with Crippen LogP contribution >= 0.6 is 0 Å². The van der Waals surface area contributed by atoms with Crippen LogP contribution in [0.15, 0.2) is 52.0 Å². The summed E-state index contributed by atoms with van der Waals surface area (Å²) in [6, 6.07) is 8.26. The van der Waals surface area contributed by atoms with Crippen LogP contribution in [-0.4, -0.2) is 31.8 Å². The molecule has 0 aliphatic heterocycles. The summed E-state index contributed by atoms with van der Waals surface area (Å²) >= 11 is 0. The Kier molecular flexibility index (Phi) is 4.03. The van der Waals surface area contributed by atoms with E-state index in [-0.39, 0.29) is 28.8 Å². The molecule has 0 aliphatic rings. The Morgan fingerprint density at radius 3 is 2.85 bits per heavy atom. The molecule has 0 aliphatic carbocycles. The van der Waals surface area contributed by atoms with Gasteiger partial charge in [0.15, 0.2) is 11.5 Å². The second kappa shape index (κ2) is 6.52. The summed E-state index contributed by atoms with van der Waals surface area (Å²) < 4.78 is 25.8. The molecule has 1 aromatic carbocycles. The first-order valence-corrected chi connectivity index (χ1v) is 7.98. The first kappa shape index (κ1) is 16.7. The number of H-pyrrole nitrogens is 1. The average Bonchev–Trinajstić information content (AvgIpc) is 3.28. The minimum Gasteiger partial charge on any atom is -0.495 e. The fraction of sp³-hybridized carbons (Fsp3) is 0.111. The van der Waals surface area contributed by atoms with E-state index in [9.17, 15) is 9.18 Å². The minimum atomic E-state index is -0.632. The molecular weight excluding hydrogens is 353 g/mol.